The van der Waals surface area contributed by atoms with Crippen LogP contribution < -0.4 is 10.2 Å². The molecule has 5 unspecified atom stereocenters. The third-order valence-corrected chi connectivity index (χ3v) is 6.31. The second kappa shape index (κ2) is 8.57. The average Bonchev–Trinajstić information content (AvgIpc) is 3.13. The van der Waals surface area contributed by atoms with Gasteiger partial charge < -0.3 is 29.7 Å². The quantitative estimate of drug-likeness (QED) is 0.707. The van der Waals surface area contributed by atoms with E-state index in [1.54, 1.807) is 6.92 Å². The highest BCUT2D eigenvalue weighted by Gasteiger charge is 2.52. The van der Waals surface area contributed by atoms with E-state index < -0.39 is 12.4 Å². The molecule has 3 fully saturated rings. The number of fused-ring (bicyclic) bond motifs is 2. The van der Waals surface area contributed by atoms with Gasteiger partial charge in [-0.2, -0.15) is 0 Å². The number of benzene rings is 1. The monoisotopic (exact) mass is 404 g/mol. The van der Waals surface area contributed by atoms with E-state index >= 15 is 0 Å². The minimum absolute atomic E-state index is 0.0992. The summed E-state index contributed by atoms with van der Waals surface area (Å²) >= 11 is 0. The molecule has 2 bridgehead atoms. The number of ether oxygens (including phenoxy) is 2. The Morgan fingerprint density at radius 2 is 1.90 bits per heavy atom. The topological polar surface area (TPSA) is 77.5 Å². The fraction of sp³-hybridized carbons (Fsp3) is 0.667. The van der Waals surface area contributed by atoms with Crippen LogP contribution in [0.3, 0.4) is 0 Å². The van der Waals surface area contributed by atoms with Crippen molar-refractivity contribution >= 4 is 11.6 Å². The van der Waals surface area contributed by atoms with Crippen molar-refractivity contribution in [1.29, 1.82) is 0 Å². The van der Waals surface area contributed by atoms with Crippen molar-refractivity contribution in [3.05, 3.63) is 29.8 Å². The van der Waals surface area contributed by atoms with E-state index in [1.807, 2.05) is 19.0 Å². The number of carbonyl (C=O) groups excluding carboxylic acids is 1. The van der Waals surface area contributed by atoms with Gasteiger partial charge in [-0.05, 0) is 17.7 Å². The van der Waals surface area contributed by atoms with Gasteiger partial charge in [-0.25, -0.2) is 0 Å². The summed E-state index contributed by atoms with van der Waals surface area (Å²) in [6.07, 6.45) is -1.15. The first-order chi connectivity index (χ1) is 13.9. The van der Waals surface area contributed by atoms with E-state index in [0.717, 1.165) is 11.3 Å². The van der Waals surface area contributed by atoms with Gasteiger partial charge in [0.15, 0.2) is 6.29 Å². The van der Waals surface area contributed by atoms with E-state index in [-0.39, 0.29) is 24.1 Å². The van der Waals surface area contributed by atoms with Crippen LogP contribution >= 0.6 is 0 Å². The van der Waals surface area contributed by atoms with Gasteiger partial charge >= 0.3 is 0 Å². The van der Waals surface area contributed by atoms with Gasteiger partial charge in [0, 0.05) is 59.4 Å². The van der Waals surface area contributed by atoms with Crippen molar-refractivity contribution in [2.75, 3.05) is 51.8 Å². The molecule has 8 heteroatoms. The molecular weight excluding hydrogens is 372 g/mol. The van der Waals surface area contributed by atoms with Gasteiger partial charge in [-0.15, -0.1) is 0 Å². The third-order valence-electron chi connectivity index (χ3n) is 6.31. The summed E-state index contributed by atoms with van der Waals surface area (Å²) in [7, 11) is 4.05. The third kappa shape index (κ3) is 4.27. The molecule has 8 nitrogen and oxygen atoms in total. The molecule has 3 heterocycles. The minimum atomic E-state index is -0.592. The Labute approximate surface area is 172 Å². The number of aliphatic hydroxyl groups is 1. The minimum Gasteiger partial charge on any atom is -0.390 e. The second-order valence-corrected chi connectivity index (χ2v) is 8.37. The van der Waals surface area contributed by atoms with Crippen LogP contribution in [0.2, 0.25) is 0 Å². The van der Waals surface area contributed by atoms with Gasteiger partial charge in [0.25, 0.3) is 0 Å². The number of nitrogens with zero attached hydrogens (tertiary/aromatic N) is 3. The molecule has 3 aliphatic rings. The highest BCUT2D eigenvalue weighted by molar-refractivity contribution is 5.73. The molecule has 0 aliphatic carbocycles. The Hall–Kier alpha value is -1.71. The normalized spacial score (nSPS) is 32.4. The first-order valence-corrected chi connectivity index (χ1v) is 10.4. The van der Waals surface area contributed by atoms with E-state index in [2.05, 4.69) is 39.4 Å². The van der Waals surface area contributed by atoms with E-state index in [0.29, 0.717) is 39.3 Å². The van der Waals surface area contributed by atoms with Crippen molar-refractivity contribution < 1.29 is 19.4 Å². The van der Waals surface area contributed by atoms with E-state index in [9.17, 15) is 9.90 Å². The number of nitrogens with one attached hydrogen (secondary N) is 1. The first kappa shape index (κ1) is 20.6. The Morgan fingerprint density at radius 1 is 1.21 bits per heavy atom. The molecule has 3 aliphatic heterocycles. The summed E-state index contributed by atoms with van der Waals surface area (Å²) in [5, 5.41) is 14.7. The Morgan fingerprint density at radius 3 is 2.52 bits per heavy atom. The van der Waals surface area contributed by atoms with Crippen LogP contribution in [0.5, 0.6) is 0 Å². The van der Waals surface area contributed by atoms with Crippen molar-refractivity contribution in [1.82, 2.24) is 15.1 Å². The van der Waals surface area contributed by atoms with Crippen LogP contribution in [0.25, 0.3) is 0 Å². The summed E-state index contributed by atoms with van der Waals surface area (Å²) in [4.78, 5) is 17.7. The smallest absolute Gasteiger partial charge is 0.219 e. The fourth-order valence-corrected chi connectivity index (χ4v) is 4.52. The van der Waals surface area contributed by atoms with Crippen LogP contribution in [-0.2, 0) is 20.8 Å². The number of carbonyl (C=O) groups is 1. The summed E-state index contributed by atoms with van der Waals surface area (Å²) in [5.74, 6) is 0.0992. The molecule has 5 atom stereocenters. The van der Waals surface area contributed by atoms with Gasteiger partial charge in [0.2, 0.25) is 5.91 Å². The lowest BCUT2D eigenvalue weighted by atomic mass is 9.94. The highest BCUT2D eigenvalue weighted by atomic mass is 16.7. The summed E-state index contributed by atoms with van der Waals surface area (Å²) in [6, 6.07) is 7.97. The predicted octanol–water partition coefficient (Wildman–Crippen LogP) is -0.140. The number of aliphatic hydroxyl groups excluding tert-OH is 1. The lowest BCUT2D eigenvalue weighted by Crippen LogP contribution is -2.66. The van der Waals surface area contributed by atoms with Gasteiger partial charge in [0.05, 0.1) is 24.8 Å². The van der Waals surface area contributed by atoms with Crippen LogP contribution in [-0.4, -0.2) is 98.3 Å². The Kier molecular flexibility index (Phi) is 6.08. The van der Waals surface area contributed by atoms with Crippen molar-refractivity contribution in [3.8, 4) is 0 Å². The van der Waals surface area contributed by atoms with Crippen LogP contribution in [0.1, 0.15) is 12.5 Å². The largest absolute Gasteiger partial charge is 0.390 e. The maximum atomic E-state index is 11.6. The molecule has 4 rings (SSSR count). The number of hydrogen-bond donors (Lipinski definition) is 2. The first-order valence-electron chi connectivity index (χ1n) is 10.4. The Bertz CT molecular complexity index is 705. The molecule has 160 valence electrons. The van der Waals surface area contributed by atoms with Crippen molar-refractivity contribution in [3.63, 3.8) is 0 Å². The molecular formula is C21H32N4O4. The van der Waals surface area contributed by atoms with Gasteiger partial charge in [-0.3, -0.25) is 9.69 Å². The number of piperazine rings is 1. The van der Waals surface area contributed by atoms with E-state index in [1.165, 1.54) is 0 Å². The molecule has 0 saturated carbocycles. The zero-order valence-corrected chi connectivity index (χ0v) is 17.5. The van der Waals surface area contributed by atoms with Crippen molar-refractivity contribution in [2.45, 2.75) is 44.1 Å². The molecule has 3 saturated heterocycles. The molecule has 1 aromatic rings. The lowest BCUT2D eigenvalue weighted by Gasteiger charge is -2.46. The number of hydrogen-bond acceptors (Lipinski definition) is 7. The molecule has 1 amide bonds. The van der Waals surface area contributed by atoms with Crippen LogP contribution in [0, 0.1) is 0 Å². The zero-order valence-electron chi connectivity index (χ0n) is 17.5. The SMILES string of the molecule is CC(=O)N1CCN(C2C3OCC(O3)C(NCc3ccc(N(C)C)cc3)C2O)CC1. The number of amides is 1. The molecule has 0 aromatic heterocycles. The zero-order chi connectivity index (χ0) is 20.5. The molecule has 0 radical (unpaired) electrons. The summed E-state index contributed by atoms with van der Waals surface area (Å²) < 4.78 is 11.9. The lowest BCUT2D eigenvalue weighted by molar-refractivity contribution is -0.186. The molecule has 2 N–H and O–H groups in total. The number of rotatable bonds is 5. The maximum Gasteiger partial charge on any atom is 0.219 e. The predicted molar refractivity (Wildman–Crippen MR) is 110 cm³/mol. The molecule has 0 spiro atoms. The molecule has 29 heavy (non-hydrogen) atoms. The summed E-state index contributed by atoms with van der Waals surface area (Å²) in [6.45, 7) is 5.52. The summed E-state index contributed by atoms with van der Waals surface area (Å²) in [5.41, 5.74) is 2.32. The average molecular weight is 405 g/mol. The Balaban J connectivity index is 1.39. The number of anilines is 1. The fourth-order valence-electron chi connectivity index (χ4n) is 4.52. The highest BCUT2D eigenvalue weighted by Crippen LogP contribution is 2.32. The van der Waals surface area contributed by atoms with E-state index in [4.69, 9.17) is 9.47 Å². The maximum absolute atomic E-state index is 11.6. The molecule has 1 aromatic carbocycles. The van der Waals surface area contributed by atoms with Gasteiger partial charge in [0.1, 0.15) is 6.10 Å². The van der Waals surface area contributed by atoms with Crippen LogP contribution in [0.15, 0.2) is 24.3 Å². The van der Waals surface area contributed by atoms with Crippen molar-refractivity contribution in [2.24, 2.45) is 0 Å². The van der Waals surface area contributed by atoms with Gasteiger partial charge in [-0.1, -0.05) is 12.1 Å². The standard InChI is InChI=1S/C21H32N4O4/c1-14(26)24-8-10-25(11-9-24)19-20(27)18(17-13-28-21(19)29-17)22-12-15-4-6-16(7-5-15)23(2)3/h4-7,17-22,27H,8-13H2,1-3H3. The second-order valence-electron chi connectivity index (χ2n) is 8.37. The van der Waals surface area contributed by atoms with Crippen LogP contribution in [0.4, 0.5) is 5.69 Å².